The molecule has 0 spiro atoms. The summed E-state index contributed by atoms with van der Waals surface area (Å²) in [6, 6.07) is 4.68. The zero-order valence-electron chi connectivity index (χ0n) is 15.3. The maximum atomic E-state index is 13.5. The van der Waals surface area contributed by atoms with E-state index in [2.05, 4.69) is 5.32 Å². The third kappa shape index (κ3) is 5.64. The predicted molar refractivity (Wildman–Crippen MR) is 102 cm³/mol. The fourth-order valence-electron chi connectivity index (χ4n) is 2.25. The monoisotopic (exact) mass is 428 g/mol. The zero-order valence-corrected chi connectivity index (χ0v) is 16.1. The van der Waals surface area contributed by atoms with E-state index in [1.807, 2.05) is 5.32 Å². The largest absolute Gasteiger partial charge is 0.493 e. The summed E-state index contributed by atoms with van der Waals surface area (Å²) in [6.07, 6.45) is 2.57. The van der Waals surface area contributed by atoms with Gasteiger partial charge in [-0.1, -0.05) is 11.6 Å². The Morgan fingerprint density at radius 1 is 1.10 bits per heavy atom. The van der Waals surface area contributed by atoms with Crippen LogP contribution in [0.25, 0.3) is 6.08 Å². The van der Waals surface area contributed by atoms with Crippen molar-refractivity contribution in [3.63, 3.8) is 0 Å². The van der Waals surface area contributed by atoms with Crippen molar-refractivity contribution in [2.45, 2.75) is 0 Å². The van der Waals surface area contributed by atoms with E-state index in [0.29, 0.717) is 23.1 Å². The SMILES string of the molecule is COc1cc(/C=C/C(=O)NCC(=O)Nc2ccc(F)c(F)c2F)cc(Cl)c1OC. The molecule has 0 heterocycles. The predicted octanol–water partition coefficient (Wildman–Crippen LogP) is 3.54. The van der Waals surface area contributed by atoms with Gasteiger partial charge in [-0.2, -0.15) is 0 Å². The molecule has 2 amide bonds. The number of hydrogen-bond donors (Lipinski definition) is 2. The van der Waals surface area contributed by atoms with Crippen LogP contribution in [0.5, 0.6) is 11.5 Å². The average Bonchev–Trinajstić information content (AvgIpc) is 2.70. The minimum atomic E-state index is -1.71. The van der Waals surface area contributed by atoms with Gasteiger partial charge in [-0.25, -0.2) is 13.2 Å². The van der Waals surface area contributed by atoms with Crippen LogP contribution in [-0.2, 0) is 9.59 Å². The van der Waals surface area contributed by atoms with Gasteiger partial charge in [-0.3, -0.25) is 9.59 Å². The molecule has 2 N–H and O–H groups in total. The lowest BCUT2D eigenvalue weighted by molar-refractivity contribution is -0.121. The summed E-state index contributed by atoms with van der Waals surface area (Å²) < 4.78 is 49.8. The molecule has 0 saturated carbocycles. The van der Waals surface area contributed by atoms with E-state index in [9.17, 15) is 22.8 Å². The molecule has 0 radical (unpaired) electrons. The lowest BCUT2D eigenvalue weighted by Crippen LogP contribution is -2.32. The average molecular weight is 429 g/mol. The van der Waals surface area contributed by atoms with Crippen molar-refractivity contribution in [3.8, 4) is 11.5 Å². The van der Waals surface area contributed by atoms with E-state index in [1.165, 1.54) is 20.3 Å². The first kappa shape index (κ1) is 22.1. The normalized spacial score (nSPS) is 10.7. The van der Waals surface area contributed by atoms with E-state index in [1.54, 1.807) is 12.1 Å². The molecule has 0 saturated heterocycles. The van der Waals surface area contributed by atoms with Crippen LogP contribution in [0.4, 0.5) is 18.9 Å². The van der Waals surface area contributed by atoms with E-state index in [4.69, 9.17) is 21.1 Å². The van der Waals surface area contributed by atoms with Gasteiger partial charge in [0.05, 0.1) is 31.5 Å². The van der Waals surface area contributed by atoms with Crippen molar-refractivity contribution >= 4 is 35.2 Å². The second-order valence-corrected chi connectivity index (χ2v) is 5.97. The topological polar surface area (TPSA) is 76.7 Å². The van der Waals surface area contributed by atoms with Crippen LogP contribution in [0.15, 0.2) is 30.3 Å². The number of ether oxygens (including phenoxy) is 2. The van der Waals surface area contributed by atoms with Crippen molar-refractivity contribution in [1.82, 2.24) is 5.32 Å². The molecule has 0 aliphatic heterocycles. The molecule has 10 heteroatoms. The number of anilines is 1. The van der Waals surface area contributed by atoms with Gasteiger partial charge in [-0.05, 0) is 35.9 Å². The second kappa shape index (κ2) is 9.83. The molecular formula is C19H16ClF3N2O4. The molecule has 0 atom stereocenters. The first-order valence-electron chi connectivity index (χ1n) is 8.07. The third-order valence-corrected chi connectivity index (χ3v) is 3.90. The molecule has 0 aromatic heterocycles. The molecule has 0 fully saturated rings. The van der Waals surface area contributed by atoms with E-state index in [0.717, 1.165) is 12.1 Å². The summed E-state index contributed by atoms with van der Waals surface area (Å²) in [6.45, 7) is -0.520. The highest BCUT2D eigenvalue weighted by Crippen LogP contribution is 2.36. The maximum absolute atomic E-state index is 13.5. The molecule has 2 aromatic rings. The van der Waals surface area contributed by atoms with E-state index >= 15 is 0 Å². The zero-order chi connectivity index (χ0) is 21.6. The first-order valence-corrected chi connectivity index (χ1v) is 8.45. The number of carbonyl (C=O) groups is 2. The summed E-state index contributed by atoms with van der Waals surface area (Å²) in [5, 5.41) is 4.58. The van der Waals surface area contributed by atoms with Gasteiger partial charge >= 0.3 is 0 Å². The molecule has 29 heavy (non-hydrogen) atoms. The van der Waals surface area contributed by atoms with Crippen molar-refractivity contribution in [2.24, 2.45) is 0 Å². The molecular weight excluding hydrogens is 413 g/mol. The Labute approximate surface area is 169 Å². The Morgan fingerprint density at radius 2 is 1.83 bits per heavy atom. The molecule has 0 aliphatic rings. The van der Waals surface area contributed by atoms with E-state index < -0.39 is 41.5 Å². The van der Waals surface area contributed by atoms with Gasteiger partial charge < -0.3 is 20.1 Å². The number of amides is 2. The summed E-state index contributed by atoms with van der Waals surface area (Å²) in [5.41, 5.74) is -0.00484. The van der Waals surface area contributed by atoms with Gasteiger partial charge in [0.1, 0.15) is 0 Å². The smallest absolute Gasteiger partial charge is 0.244 e. The van der Waals surface area contributed by atoms with Gasteiger partial charge in [0, 0.05) is 6.08 Å². The highest BCUT2D eigenvalue weighted by Gasteiger charge is 2.15. The molecule has 0 bridgehead atoms. The molecule has 6 nitrogen and oxygen atoms in total. The Kier molecular flexibility index (Phi) is 7.49. The van der Waals surface area contributed by atoms with Gasteiger partial charge in [-0.15, -0.1) is 0 Å². The maximum Gasteiger partial charge on any atom is 0.244 e. The van der Waals surface area contributed by atoms with Crippen LogP contribution in [-0.4, -0.2) is 32.6 Å². The van der Waals surface area contributed by atoms with Crippen LogP contribution in [0, 0.1) is 17.5 Å². The molecule has 2 rings (SSSR count). The number of methoxy groups -OCH3 is 2. The number of halogens is 4. The number of hydrogen-bond acceptors (Lipinski definition) is 4. The Morgan fingerprint density at radius 3 is 2.48 bits per heavy atom. The minimum Gasteiger partial charge on any atom is -0.493 e. The van der Waals surface area contributed by atoms with Crippen molar-refractivity contribution in [2.75, 3.05) is 26.1 Å². The summed E-state index contributed by atoms with van der Waals surface area (Å²) in [4.78, 5) is 23.6. The summed E-state index contributed by atoms with van der Waals surface area (Å²) in [5.74, 6) is -5.36. The quantitative estimate of drug-likeness (QED) is 0.522. The van der Waals surface area contributed by atoms with Gasteiger partial charge in [0.2, 0.25) is 11.8 Å². The molecule has 2 aromatic carbocycles. The molecule has 0 unspecified atom stereocenters. The van der Waals surface area contributed by atoms with Gasteiger partial charge in [0.15, 0.2) is 29.0 Å². The van der Waals surface area contributed by atoms with Crippen molar-refractivity contribution in [3.05, 3.63) is 58.4 Å². The number of carbonyl (C=O) groups excluding carboxylic acids is 2. The van der Waals surface area contributed by atoms with Crippen LogP contribution in [0.2, 0.25) is 5.02 Å². The lowest BCUT2D eigenvalue weighted by Gasteiger charge is -2.10. The number of rotatable bonds is 7. The Balaban J connectivity index is 1.95. The Hall–Kier alpha value is -3.20. The standard InChI is InChI=1S/C19H16ClF3N2O4/c1-28-14-8-10(7-11(20)19(14)29-2)3-6-15(26)24-9-16(27)25-13-5-4-12(21)17(22)18(13)23/h3-8H,9H2,1-2H3,(H,24,26)(H,25,27)/b6-3+. The van der Waals surface area contributed by atoms with Crippen LogP contribution in [0.3, 0.4) is 0 Å². The highest BCUT2D eigenvalue weighted by atomic mass is 35.5. The van der Waals surface area contributed by atoms with Gasteiger partial charge in [0.25, 0.3) is 0 Å². The highest BCUT2D eigenvalue weighted by molar-refractivity contribution is 6.32. The van der Waals surface area contributed by atoms with Crippen LogP contribution >= 0.6 is 11.6 Å². The fraction of sp³-hybridized carbons (Fsp3) is 0.158. The van der Waals surface area contributed by atoms with Crippen molar-refractivity contribution in [1.29, 1.82) is 0 Å². The summed E-state index contributed by atoms with van der Waals surface area (Å²) in [7, 11) is 2.87. The van der Waals surface area contributed by atoms with Crippen molar-refractivity contribution < 1.29 is 32.2 Å². The minimum absolute atomic E-state index is 0.278. The molecule has 154 valence electrons. The van der Waals surface area contributed by atoms with Crippen LogP contribution < -0.4 is 20.1 Å². The summed E-state index contributed by atoms with van der Waals surface area (Å²) >= 11 is 6.07. The van der Waals surface area contributed by atoms with E-state index in [-0.39, 0.29) is 5.02 Å². The van der Waals surface area contributed by atoms with Crippen LogP contribution in [0.1, 0.15) is 5.56 Å². The molecule has 0 aliphatic carbocycles. The fourth-order valence-corrected chi connectivity index (χ4v) is 2.55. The second-order valence-electron chi connectivity index (χ2n) is 5.56. The number of benzene rings is 2. The first-order chi connectivity index (χ1) is 13.8. The third-order valence-electron chi connectivity index (χ3n) is 3.62. The number of nitrogens with one attached hydrogen (secondary N) is 2. The lowest BCUT2D eigenvalue weighted by atomic mass is 10.2. The Bertz CT molecular complexity index is 967.